The maximum absolute atomic E-state index is 3.64. The van der Waals surface area contributed by atoms with E-state index < -0.39 is 0 Å². The van der Waals surface area contributed by atoms with Gasteiger partial charge in [0.15, 0.2) is 0 Å². The van der Waals surface area contributed by atoms with Crippen molar-refractivity contribution in [3.63, 3.8) is 0 Å². The van der Waals surface area contributed by atoms with Gasteiger partial charge in [0, 0.05) is 18.6 Å². The predicted molar refractivity (Wildman–Crippen MR) is 64.5 cm³/mol. The van der Waals surface area contributed by atoms with Crippen molar-refractivity contribution in [1.82, 2.24) is 10.4 Å². The zero-order valence-electron chi connectivity index (χ0n) is 10.7. The molecule has 2 rings (SSSR count). The van der Waals surface area contributed by atoms with Crippen molar-refractivity contribution >= 4 is 0 Å². The van der Waals surface area contributed by atoms with E-state index >= 15 is 0 Å². The van der Waals surface area contributed by atoms with Crippen LogP contribution in [-0.2, 0) is 0 Å². The van der Waals surface area contributed by atoms with Crippen LogP contribution in [-0.4, -0.2) is 23.6 Å². The minimum atomic E-state index is 0.441. The normalized spacial score (nSPS) is 33.6. The molecule has 2 fully saturated rings. The predicted octanol–water partition coefficient (Wildman–Crippen LogP) is 2.80. The topological polar surface area (TPSA) is 15.3 Å². The van der Waals surface area contributed by atoms with Gasteiger partial charge in [-0.1, -0.05) is 34.1 Å². The van der Waals surface area contributed by atoms with Gasteiger partial charge in [-0.05, 0) is 30.6 Å². The molecular weight excluding hydrogens is 184 g/mol. The Balaban J connectivity index is 2.05. The summed E-state index contributed by atoms with van der Waals surface area (Å²) >= 11 is 0. The van der Waals surface area contributed by atoms with Crippen molar-refractivity contribution in [3.05, 3.63) is 0 Å². The highest BCUT2D eigenvalue weighted by atomic mass is 15.6. The van der Waals surface area contributed by atoms with E-state index in [1.807, 2.05) is 0 Å². The number of rotatable bonds is 3. The molecule has 2 atom stereocenters. The van der Waals surface area contributed by atoms with E-state index in [1.165, 1.54) is 32.2 Å². The van der Waals surface area contributed by atoms with Gasteiger partial charge in [0.2, 0.25) is 0 Å². The second kappa shape index (κ2) is 4.06. The van der Waals surface area contributed by atoms with Crippen molar-refractivity contribution in [2.24, 2.45) is 11.3 Å². The molecule has 0 amide bonds. The van der Waals surface area contributed by atoms with Crippen LogP contribution >= 0.6 is 0 Å². The van der Waals surface area contributed by atoms with Crippen molar-refractivity contribution in [1.29, 1.82) is 0 Å². The average molecular weight is 210 g/mol. The van der Waals surface area contributed by atoms with E-state index in [0.29, 0.717) is 5.41 Å². The SMILES string of the molecule is CCCC1C(C(C)(C)C)CNN1C1CC1. The molecule has 1 heterocycles. The minimum absolute atomic E-state index is 0.441. The Morgan fingerprint density at radius 3 is 2.40 bits per heavy atom. The molecule has 0 bridgehead atoms. The first-order valence-electron chi connectivity index (χ1n) is 6.56. The molecule has 0 spiro atoms. The molecule has 1 N–H and O–H groups in total. The Kier molecular flexibility index (Phi) is 3.09. The number of hydrazine groups is 1. The highest BCUT2D eigenvalue weighted by molar-refractivity contribution is 4.97. The highest BCUT2D eigenvalue weighted by Gasteiger charge is 2.45. The fourth-order valence-electron chi connectivity index (χ4n) is 2.92. The fourth-order valence-corrected chi connectivity index (χ4v) is 2.92. The van der Waals surface area contributed by atoms with Gasteiger partial charge in [0.05, 0.1) is 0 Å². The quantitative estimate of drug-likeness (QED) is 0.770. The summed E-state index contributed by atoms with van der Waals surface area (Å²) in [5.41, 5.74) is 4.08. The van der Waals surface area contributed by atoms with E-state index in [2.05, 4.69) is 38.1 Å². The molecule has 1 saturated heterocycles. The molecule has 0 radical (unpaired) electrons. The summed E-state index contributed by atoms with van der Waals surface area (Å²) in [6, 6.07) is 1.64. The first-order chi connectivity index (χ1) is 7.04. The van der Waals surface area contributed by atoms with Gasteiger partial charge in [0.25, 0.3) is 0 Å². The number of nitrogens with one attached hydrogen (secondary N) is 1. The molecule has 1 aliphatic carbocycles. The standard InChI is InChI=1S/C13H26N2/c1-5-6-12-11(13(2,3)4)9-14-15(12)10-7-8-10/h10-12,14H,5-9H2,1-4H3. The maximum atomic E-state index is 3.64. The van der Waals surface area contributed by atoms with Crippen LogP contribution < -0.4 is 5.43 Å². The lowest BCUT2D eigenvalue weighted by molar-refractivity contribution is 0.118. The van der Waals surface area contributed by atoms with Crippen molar-refractivity contribution < 1.29 is 0 Å². The Labute approximate surface area is 94.4 Å². The summed E-state index contributed by atoms with van der Waals surface area (Å²) in [5.74, 6) is 0.818. The monoisotopic (exact) mass is 210 g/mol. The molecular formula is C13H26N2. The Morgan fingerprint density at radius 1 is 1.27 bits per heavy atom. The first kappa shape index (κ1) is 11.4. The second-order valence-electron chi connectivity index (χ2n) is 6.33. The average Bonchev–Trinajstić information content (AvgIpc) is 2.87. The van der Waals surface area contributed by atoms with Crippen molar-refractivity contribution in [2.45, 2.75) is 65.5 Å². The van der Waals surface area contributed by atoms with Gasteiger partial charge in [-0.2, -0.15) is 0 Å². The molecule has 2 unspecified atom stereocenters. The summed E-state index contributed by atoms with van der Waals surface area (Å²) in [4.78, 5) is 0. The van der Waals surface area contributed by atoms with Crippen LogP contribution in [0.5, 0.6) is 0 Å². The zero-order valence-corrected chi connectivity index (χ0v) is 10.7. The van der Waals surface area contributed by atoms with Gasteiger partial charge in [-0.3, -0.25) is 5.43 Å². The minimum Gasteiger partial charge on any atom is -0.254 e. The Morgan fingerprint density at radius 2 is 1.93 bits per heavy atom. The van der Waals surface area contributed by atoms with Crippen LogP contribution in [0.3, 0.4) is 0 Å². The maximum Gasteiger partial charge on any atom is 0.0292 e. The van der Waals surface area contributed by atoms with Gasteiger partial charge in [-0.25, -0.2) is 5.01 Å². The van der Waals surface area contributed by atoms with E-state index in [1.54, 1.807) is 0 Å². The zero-order chi connectivity index (χ0) is 11.1. The molecule has 1 saturated carbocycles. The lowest BCUT2D eigenvalue weighted by Crippen LogP contribution is -2.41. The third-order valence-electron chi connectivity index (χ3n) is 3.95. The van der Waals surface area contributed by atoms with E-state index in [-0.39, 0.29) is 0 Å². The van der Waals surface area contributed by atoms with Crippen LogP contribution in [0.2, 0.25) is 0 Å². The van der Waals surface area contributed by atoms with Gasteiger partial charge >= 0.3 is 0 Å². The van der Waals surface area contributed by atoms with E-state index in [9.17, 15) is 0 Å². The Hall–Kier alpha value is -0.0800. The van der Waals surface area contributed by atoms with Crippen LogP contribution in [0.15, 0.2) is 0 Å². The molecule has 15 heavy (non-hydrogen) atoms. The summed E-state index contributed by atoms with van der Waals surface area (Å²) in [6.07, 6.45) is 5.47. The lowest BCUT2D eigenvalue weighted by atomic mass is 9.76. The van der Waals surface area contributed by atoms with Gasteiger partial charge < -0.3 is 0 Å². The second-order valence-corrected chi connectivity index (χ2v) is 6.33. The molecule has 2 heteroatoms. The highest BCUT2D eigenvalue weighted by Crippen LogP contribution is 2.40. The Bertz CT molecular complexity index is 215. The summed E-state index contributed by atoms with van der Waals surface area (Å²) in [5, 5.41) is 2.58. The van der Waals surface area contributed by atoms with Crippen LogP contribution in [0, 0.1) is 11.3 Å². The van der Waals surface area contributed by atoms with E-state index in [4.69, 9.17) is 0 Å². The number of hydrogen-bond donors (Lipinski definition) is 1. The van der Waals surface area contributed by atoms with Gasteiger partial charge in [-0.15, -0.1) is 0 Å². The van der Waals surface area contributed by atoms with Crippen LogP contribution in [0.4, 0.5) is 0 Å². The molecule has 2 nitrogen and oxygen atoms in total. The van der Waals surface area contributed by atoms with Crippen LogP contribution in [0.1, 0.15) is 53.4 Å². The summed E-state index contributed by atoms with van der Waals surface area (Å²) < 4.78 is 0. The van der Waals surface area contributed by atoms with Crippen LogP contribution in [0.25, 0.3) is 0 Å². The third kappa shape index (κ3) is 2.36. The first-order valence-corrected chi connectivity index (χ1v) is 6.56. The molecule has 0 aromatic rings. The molecule has 0 aromatic heterocycles. The van der Waals surface area contributed by atoms with Crippen molar-refractivity contribution in [3.8, 4) is 0 Å². The molecule has 2 aliphatic rings. The fraction of sp³-hybridized carbons (Fsp3) is 1.00. The molecule has 88 valence electrons. The van der Waals surface area contributed by atoms with E-state index in [0.717, 1.165) is 18.0 Å². The number of nitrogens with zero attached hydrogens (tertiary/aromatic N) is 1. The number of hydrogen-bond acceptors (Lipinski definition) is 2. The molecule has 1 aliphatic heterocycles. The third-order valence-corrected chi connectivity index (χ3v) is 3.95. The smallest absolute Gasteiger partial charge is 0.0292 e. The van der Waals surface area contributed by atoms with Crippen molar-refractivity contribution in [2.75, 3.05) is 6.54 Å². The summed E-state index contributed by atoms with van der Waals surface area (Å²) in [7, 11) is 0. The summed E-state index contributed by atoms with van der Waals surface area (Å²) in [6.45, 7) is 10.7. The molecule has 0 aromatic carbocycles. The van der Waals surface area contributed by atoms with Gasteiger partial charge in [0.1, 0.15) is 0 Å². The largest absolute Gasteiger partial charge is 0.254 e. The lowest BCUT2D eigenvalue weighted by Gasteiger charge is -2.34.